The predicted octanol–water partition coefficient (Wildman–Crippen LogP) is 3.24. The van der Waals surface area contributed by atoms with Gasteiger partial charge in [-0.15, -0.1) is 0 Å². The summed E-state index contributed by atoms with van der Waals surface area (Å²) in [6, 6.07) is 11.4. The number of hydrogen-bond acceptors (Lipinski definition) is 2. The van der Waals surface area contributed by atoms with E-state index in [0.29, 0.717) is 5.69 Å². The molecular formula is C15H15NO. The van der Waals surface area contributed by atoms with Gasteiger partial charge in [0.2, 0.25) is 5.78 Å². The first kappa shape index (κ1) is 11.5. The van der Waals surface area contributed by atoms with E-state index >= 15 is 0 Å². The number of carbonyl (C=O) groups is 1. The molecule has 1 aromatic heterocycles. The van der Waals surface area contributed by atoms with Gasteiger partial charge in [-0.3, -0.25) is 4.79 Å². The van der Waals surface area contributed by atoms with Gasteiger partial charge in [0.1, 0.15) is 5.69 Å². The van der Waals surface area contributed by atoms with Crippen molar-refractivity contribution in [2.75, 3.05) is 0 Å². The number of rotatable bonds is 2. The SMILES string of the molecule is Cc1ccc(C)c(C(=O)c2cccc(C)n2)c1. The van der Waals surface area contributed by atoms with E-state index in [1.54, 1.807) is 6.07 Å². The minimum absolute atomic E-state index is 0.00472. The molecule has 86 valence electrons. The molecule has 2 rings (SSSR count). The van der Waals surface area contributed by atoms with E-state index in [9.17, 15) is 4.79 Å². The van der Waals surface area contributed by atoms with Crippen LogP contribution >= 0.6 is 0 Å². The van der Waals surface area contributed by atoms with Gasteiger partial charge in [-0.2, -0.15) is 0 Å². The van der Waals surface area contributed by atoms with Crippen LogP contribution in [0.5, 0.6) is 0 Å². The summed E-state index contributed by atoms with van der Waals surface area (Å²) < 4.78 is 0. The Kier molecular flexibility index (Phi) is 3.05. The molecule has 0 radical (unpaired) electrons. The van der Waals surface area contributed by atoms with Gasteiger partial charge in [-0.1, -0.05) is 23.8 Å². The summed E-state index contributed by atoms with van der Waals surface area (Å²) in [7, 11) is 0. The Morgan fingerprint density at radius 1 is 1.06 bits per heavy atom. The summed E-state index contributed by atoms with van der Waals surface area (Å²) in [6.45, 7) is 5.82. The fraction of sp³-hybridized carbons (Fsp3) is 0.200. The van der Waals surface area contributed by atoms with E-state index in [4.69, 9.17) is 0 Å². The van der Waals surface area contributed by atoms with Crippen LogP contribution in [-0.4, -0.2) is 10.8 Å². The predicted molar refractivity (Wildman–Crippen MR) is 68.3 cm³/mol. The summed E-state index contributed by atoms with van der Waals surface area (Å²) in [4.78, 5) is 16.6. The second-order valence-corrected chi connectivity index (χ2v) is 4.31. The van der Waals surface area contributed by atoms with E-state index in [2.05, 4.69) is 4.98 Å². The summed E-state index contributed by atoms with van der Waals surface area (Å²) in [5, 5.41) is 0. The Hall–Kier alpha value is -1.96. The Labute approximate surface area is 101 Å². The molecule has 0 unspecified atom stereocenters. The van der Waals surface area contributed by atoms with E-state index < -0.39 is 0 Å². The second-order valence-electron chi connectivity index (χ2n) is 4.31. The van der Waals surface area contributed by atoms with Crippen molar-refractivity contribution in [1.29, 1.82) is 0 Å². The minimum Gasteiger partial charge on any atom is -0.287 e. The van der Waals surface area contributed by atoms with Gasteiger partial charge in [-0.25, -0.2) is 4.98 Å². The van der Waals surface area contributed by atoms with Crippen LogP contribution in [0.2, 0.25) is 0 Å². The molecule has 0 saturated heterocycles. The Morgan fingerprint density at radius 2 is 1.82 bits per heavy atom. The zero-order valence-electron chi connectivity index (χ0n) is 10.3. The van der Waals surface area contributed by atoms with Crippen molar-refractivity contribution in [3.63, 3.8) is 0 Å². The average Bonchev–Trinajstić information content (AvgIpc) is 2.31. The third-order valence-electron chi connectivity index (χ3n) is 2.76. The average molecular weight is 225 g/mol. The van der Waals surface area contributed by atoms with E-state index in [1.165, 1.54) is 0 Å². The van der Waals surface area contributed by atoms with Crippen LogP contribution in [-0.2, 0) is 0 Å². The first-order chi connectivity index (χ1) is 8.08. The zero-order chi connectivity index (χ0) is 12.4. The van der Waals surface area contributed by atoms with E-state index in [-0.39, 0.29) is 5.78 Å². The quantitative estimate of drug-likeness (QED) is 0.734. The lowest BCUT2D eigenvalue weighted by molar-refractivity contribution is 0.103. The molecule has 17 heavy (non-hydrogen) atoms. The van der Waals surface area contributed by atoms with Crippen molar-refractivity contribution in [1.82, 2.24) is 4.98 Å². The third kappa shape index (κ3) is 2.41. The van der Waals surface area contributed by atoms with Crippen LogP contribution in [0.4, 0.5) is 0 Å². The third-order valence-corrected chi connectivity index (χ3v) is 2.76. The van der Waals surface area contributed by atoms with Crippen LogP contribution in [0.3, 0.4) is 0 Å². The van der Waals surface area contributed by atoms with Gasteiger partial charge in [0.15, 0.2) is 0 Å². The normalized spacial score (nSPS) is 10.3. The smallest absolute Gasteiger partial charge is 0.211 e. The lowest BCUT2D eigenvalue weighted by atomic mass is 10.00. The standard InChI is InChI=1S/C15H15NO/c1-10-7-8-11(2)13(9-10)15(17)14-6-4-5-12(3)16-14/h4-9H,1-3H3. The van der Waals surface area contributed by atoms with Crippen molar-refractivity contribution < 1.29 is 4.79 Å². The number of aromatic nitrogens is 1. The maximum absolute atomic E-state index is 12.3. The lowest BCUT2D eigenvalue weighted by Gasteiger charge is -2.06. The first-order valence-corrected chi connectivity index (χ1v) is 5.63. The number of aryl methyl sites for hydroxylation is 3. The Balaban J connectivity index is 2.47. The van der Waals surface area contributed by atoms with Crippen molar-refractivity contribution >= 4 is 5.78 Å². The molecule has 0 aliphatic carbocycles. The molecule has 2 aromatic rings. The van der Waals surface area contributed by atoms with Crippen molar-refractivity contribution in [3.05, 3.63) is 64.5 Å². The van der Waals surface area contributed by atoms with Crippen LogP contribution < -0.4 is 0 Å². The molecule has 0 bridgehead atoms. The fourth-order valence-electron chi connectivity index (χ4n) is 1.79. The van der Waals surface area contributed by atoms with Crippen LogP contribution in [0.1, 0.15) is 32.9 Å². The van der Waals surface area contributed by atoms with Crippen LogP contribution in [0, 0.1) is 20.8 Å². The maximum Gasteiger partial charge on any atom is 0.211 e. The highest BCUT2D eigenvalue weighted by atomic mass is 16.1. The second kappa shape index (κ2) is 4.50. The lowest BCUT2D eigenvalue weighted by Crippen LogP contribution is -2.07. The molecule has 0 amide bonds. The van der Waals surface area contributed by atoms with Crippen molar-refractivity contribution in [3.8, 4) is 0 Å². The minimum atomic E-state index is -0.00472. The van der Waals surface area contributed by atoms with Crippen molar-refractivity contribution in [2.45, 2.75) is 20.8 Å². The zero-order valence-corrected chi connectivity index (χ0v) is 10.3. The molecule has 0 aliphatic rings. The molecule has 0 fully saturated rings. The molecule has 0 atom stereocenters. The monoisotopic (exact) mass is 225 g/mol. The Bertz CT molecular complexity index is 573. The Morgan fingerprint density at radius 3 is 2.53 bits per heavy atom. The van der Waals surface area contributed by atoms with Crippen LogP contribution in [0.15, 0.2) is 36.4 Å². The summed E-state index contributed by atoms with van der Waals surface area (Å²) in [5.41, 5.74) is 4.19. The highest BCUT2D eigenvalue weighted by Crippen LogP contribution is 2.15. The summed E-state index contributed by atoms with van der Waals surface area (Å²) >= 11 is 0. The molecule has 0 saturated carbocycles. The summed E-state index contributed by atoms with van der Waals surface area (Å²) in [5.74, 6) is -0.00472. The molecule has 1 heterocycles. The van der Waals surface area contributed by atoms with Crippen LogP contribution in [0.25, 0.3) is 0 Å². The molecule has 0 aliphatic heterocycles. The van der Waals surface area contributed by atoms with E-state index in [0.717, 1.165) is 22.4 Å². The number of benzene rings is 1. The number of pyridine rings is 1. The van der Waals surface area contributed by atoms with Crippen molar-refractivity contribution in [2.24, 2.45) is 0 Å². The van der Waals surface area contributed by atoms with Gasteiger partial charge in [0.25, 0.3) is 0 Å². The maximum atomic E-state index is 12.3. The molecule has 1 aromatic carbocycles. The molecule has 0 spiro atoms. The topological polar surface area (TPSA) is 30.0 Å². The molecule has 2 heteroatoms. The molecule has 2 nitrogen and oxygen atoms in total. The molecular weight excluding hydrogens is 210 g/mol. The molecule has 0 N–H and O–H groups in total. The van der Waals surface area contributed by atoms with Gasteiger partial charge >= 0.3 is 0 Å². The number of carbonyl (C=O) groups excluding carboxylic acids is 1. The number of nitrogens with zero attached hydrogens (tertiary/aromatic N) is 1. The highest BCUT2D eigenvalue weighted by molar-refractivity contribution is 6.08. The number of hydrogen-bond donors (Lipinski definition) is 0. The van der Waals surface area contributed by atoms with Gasteiger partial charge in [-0.05, 0) is 44.5 Å². The fourth-order valence-corrected chi connectivity index (χ4v) is 1.79. The number of ketones is 1. The largest absolute Gasteiger partial charge is 0.287 e. The van der Waals surface area contributed by atoms with Gasteiger partial charge in [0, 0.05) is 11.3 Å². The first-order valence-electron chi connectivity index (χ1n) is 5.63. The van der Waals surface area contributed by atoms with Gasteiger partial charge in [0.05, 0.1) is 0 Å². The van der Waals surface area contributed by atoms with E-state index in [1.807, 2.05) is 51.1 Å². The van der Waals surface area contributed by atoms with Gasteiger partial charge < -0.3 is 0 Å². The summed E-state index contributed by atoms with van der Waals surface area (Å²) in [6.07, 6.45) is 0. The highest BCUT2D eigenvalue weighted by Gasteiger charge is 2.13.